The maximum atomic E-state index is 14.7. The molecule has 3 aromatic rings. The van der Waals surface area contributed by atoms with Crippen molar-refractivity contribution in [3.8, 4) is 0 Å². The van der Waals surface area contributed by atoms with E-state index in [-0.39, 0.29) is 6.04 Å². The fraction of sp³-hybridized carbons (Fsp3) is 0.238. The van der Waals surface area contributed by atoms with Gasteiger partial charge in [-0.25, -0.2) is 8.78 Å². The summed E-state index contributed by atoms with van der Waals surface area (Å²) >= 11 is 6.35. The first-order valence-electron chi connectivity index (χ1n) is 8.71. The third-order valence-corrected chi connectivity index (χ3v) is 5.31. The van der Waals surface area contributed by atoms with E-state index >= 15 is 0 Å². The van der Waals surface area contributed by atoms with E-state index in [2.05, 4.69) is 9.47 Å². The molecule has 26 heavy (non-hydrogen) atoms. The van der Waals surface area contributed by atoms with Crippen LogP contribution in [0.5, 0.6) is 0 Å². The number of aromatic nitrogens is 1. The Labute approximate surface area is 156 Å². The molecule has 0 aliphatic carbocycles. The molecular weight excluding hydrogens is 354 g/mol. The van der Waals surface area contributed by atoms with Crippen molar-refractivity contribution >= 4 is 11.6 Å². The van der Waals surface area contributed by atoms with Crippen LogP contribution < -0.4 is 0 Å². The average Bonchev–Trinajstić information content (AvgIpc) is 3.00. The van der Waals surface area contributed by atoms with Crippen molar-refractivity contribution in [1.82, 2.24) is 9.47 Å². The van der Waals surface area contributed by atoms with Crippen LogP contribution in [-0.4, -0.2) is 16.0 Å². The molecule has 0 saturated heterocycles. The lowest BCUT2D eigenvalue weighted by Crippen LogP contribution is -2.30. The van der Waals surface area contributed by atoms with Gasteiger partial charge in [0, 0.05) is 48.2 Å². The first kappa shape index (κ1) is 17.3. The highest BCUT2D eigenvalue weighted by molar-refractivity contribution is 6.31. The molecular formula is C21H19ClF2N2. The summed E-state index contributed by atoms with van der Waals surface area (Å²) < 4.78 is 30.3. The molecule has 0 saturated carbocycles. The van der Waals surface area contributed by atoms with Crippen LogP contribution in [0.2, 0.25) is 5.02 Å². The number of halogens is 3. The van der Waals surface area contributed by atoms with Gasteiger partial charge in [0.25, 0.3) is 0 Å². The van der Waals surface area contributed by atoms with Gasteiger partial charge in [-0.05, 0) is 36.2 Å². The molecule has 1 aliphatic heterocycles. The minimum absolute atomic E-state index is 0.288. The molecule has 4 rings (SSSR count). The van der Waals surface area contributed by atoms with Crippen LogP contribution in [0.25, 0.3) is 0 Å². The first-order valence-corrected chi connectivity index (χ1v) is 9.09. The topological polar surface area (TPSA) is 8.17 Å². The van der Waals surface area contributed by atoms with E-state index in [4.69, 9.17) is 11.6 Å². The summed E-state index contributed by atoms with van der Waals surface area (Å²) in [4.78, 5) is 2.22. The van der Waals surface area contributed by atoms with Gasteiger partial charge in [0.15, 0.2) is 0 Å². The lowest BCUT2D eigenvalue weighted by Gasteiger charge is -2.31. The van der Waals surface area contributed by atoms with Crippen LogP contribution >= 0.6 is 11.6 Å². The van der Waals surface area contributed by atoms with Crippen molar-refractivity contribution in [2.24, 2.45) is 0 Å². The minimum Gasteiger partial charge on any atom is -0.350 e. The SMILES string of the molecule is Fc1ccc([C@H]2c3cccn3CCCN2Cc2ccccc2Cl)c(F)c1. The van der Waals surface area contributed by atoms with Gasteiger partial charge in [-0.3, -0.25) is 4.90 Å². The maximum Gasteiger partial charge on any atom is 0.131 e. The van der Waals surface area contributed by atoms with E-state index in [1.807, 2.05) is 42.6 Å². The Bertz CT molecular complexity index is 922. The Morgan fingerprint density at radius 1 is 1.00 bits per heavy atom. The minimum atomic E-state index is -0.562. The van der Waals surface area contributed by atoms with Crippen molar-refractivity contribution in [3.63, 3.8) is 0 Å². The predicted molar refractivity (Wildman–Crippen MR) is 99.1 cm³/mol. The van der Waals surface area contributed by atoms with Gasteiger partial charge in [-0.15, -0.1) is 0 Å². The second-order valence-corrected chi connectivity index (χ2v) is 7.02. The number of rotatable bonds is 3. The van der Waals surface area contributed by atoms with E-state index in [1.165, 1.54) is 6.07 Å². The standard InChI is InChI=1S/C21H19ClF2N2/c22-18-6-2-1-5-15(18)14-26-12-4-11-25-10-3-7-20(25)21(26)17-9-8-16(23)13-19(17)24/h1-3,5-10,13,21H,4,11-12,14H2/t21-/m0/s1. The van der Waals surface area contributed by atoms with E-state index in [1.54, 1.807) is 6.07 Å². The van der Waals surface area contributed by atoms with Gasteiger partial charge >= 0.3 is 0 Å². The zero-order chi connectivity index (χ0) is 18.1. The molecule has 5 heteroatoms. The van der Waals surface area contributed by atoms with Crippen molar-refractivity contribution in [2.75, 3.05) is 6.54 Å². The van der Waals surface area contributed by atoms with Crippen LogP contribution in [0, 0.1) is 11.6 Å². The summed E-state index contributed by atoms with van der Waals surface area (Å²) in [6.07, 6.45) is 2.97. The molecule has 134 valence electrons. The fourth-order valence-electron chi connectivity index (χ4n) is 3.73. The normalized spacial score (nSPS) is 17.7. The van der Waals surface area contributed by atoms with Crippen molar-refractivity contribution in [1.29, 1.82) is 0 Å². The molecule has 0 bridgehead atoms. The van der Waals surface area contributed by atoms with Crippen molar-refractivity contribution in [2.45, 2.75) is 25.6 Å². The molecule has 0 N–H and O–H groups in total. The van der Waals surface area contributed by atoms with Crippen molar-refractivity contribution in [3.05, 3.63) is 94.3 Å². The molecule has 1 atom stereocenters. The summed E-state index contributed by atoms with van der Waals surface area (Å²) in [5.41, 5.74) is 2.50. The van der Waals surface area contributed by atoms with Gasteiger partial charge in [0.05, 0.1) is 6.04 Å². The zero-order valence-corrected chi connectivity index (χ0v) is 15.0. The largest absolute Gasteiger partial charge is 0.350 e. The maximum absolute atomic E-state index is 14.7. The summed E-state index contributed by atoms with van der Waals surface area (Å²) in [6.45, 7) is 2.28. The molecule has 2 heterocycles. The Hall–Kier alpha value is -2.17. The molecule has 0 radical (unpaired) electrons. The Kier molecular flexibility index (Phi) is 4.79. The smallest absolute Gasteiger partial charge is 0.131 e. The van der Waals surface area contributed by atoms with E-state index in [0.29, 0.717) is 17.1 Å². The lowest BCUT2D eigenvalue weighted by molar-refractivity contribution is 0.216. The molecule has 1 aromatic heterocycles. The van der Waals surface area contributed by atoms with E-state index in [9.17, 15) is 8.78 Å². The van der Waals surface area contributed by atoms with Crippen LogP contribution in [0.15, 0.2) is 60.8 Å². The third-order valence-electron chi connectivity index (χ3n) is 4.94. The van der Waals surface area contributed by atoms with Gasteiger partial charge < -0.3 is 4.57 Å². The highest BCUT2D eigenvalue weighted by Crippen LogP contribution is 2.35. The molecule has 2 nitrogen and oxygen atoms in total. The number of fused-ring (bicyclic) bond motifs is 1. The summed E-state index contributed by atoms with van der Waals surface area (Å²) in [6, 6.07) is 15.2. The van der Waals surface area contributed by atoms with Gasteiger partial charge in [-0.1, -0.05) is 35.9 Å². The van der Waals surface area contributed by atoms with Crippen LogP contribution in [0.3, 0.4) is 0 Å². The second-order valence-electron chi connectivity index (χ2n) is 6.61. The lowest BCUT2D eigenvalue weighted by atomic mass is 10.00. The molecule has 0 unspecified atom stereocenters. The van der Waals surface area contributed by atoms with Gasteiger partial charge in [-0.2, -0.15) is 0 Å². The zero-order valence-electron chi connectivity index (χ0n) is 14.2. The van der Waals surface area contributed by atoms with Gasteiger partial charge in [0.2, 0.25) is 0 Å². The quantitative estimate of drug-likeness (QED) is 0.596. The fourth-order valence-corrected chi connectivity index (χ4v) is 3.93. The molecule has 0 spiro atoms. The Morgan fingerprint density at radius 2 is 1.85 bits per heavy atom. The number of aryl methyl sites for hydroxylation is 1. The Morgan fingerprint density at radius 3 is 2.65 bits per heavy atom. The van der Waals surface area contributed by atoms with Crippen LogP contribution in [-0.2, 0) is 13.1 Å². The van der Waals surface area contributed by atoms with E-state index < -0.39 is 11.6 Å². The highest BCUT2D eigenvalue weighted by atomic mass is 35.5. The molecule has 0 fully saturated rings. The predicted octanol–water partition coefficient (Wildman–Crippen LogP) is 5.42. The average molecular weight is 373 g/mol. The summed E-state index contributed by atoms with van der Waals surface area (Å²) in [5.74, 6) is -1.08. The van der Waals surface area contributed by atoms with E-state index in [0.717, 1.165) is 36.8 Å². The number of hydrogen-bond donors (Lipinski definition) is 0. The van der Waals surface area contributed by atoms with Crippen molar-refractivity contribution < 1.29 is 8.78 Å². The monoisotopic (exact) mass is 372 g/mol. The number of hydrogen-bond acceptors (Lipinski definition) is 1. The number of benzene rings is 2. The molecule has 1 aliphatic rings. The van der Waals surface area contributed by atoms with Crippen LogP contribution in [0.1, 0.15) is 29.3 Å². The van der Waals surface area contributed by atoms with Gasteiger partial charge in [0.1, 0.15) is 11.6 Å². The summed E-state index contributed by atoms with van der Waals surface area (Å²) in [5, 5.41) is 0.699. The molecule has 2 aromatic carbocycles. The first-order chi connectivity index (χ1) is 12.6. The number of nitrogens with zero attached hydrogens (tertiary/aromatic N) is 2. The molecule has 0 amide bonds. The summed E-state index contributed by atoms with van der Waals surface area (Å²) in [7, 11) is 0. The Balaban J connectivity index is 1.79. The third kappa shape index (κ3) is 3.27. The van der Waals surface area contributed by atoms with Crippen LogP contribution in [0.4, 0.5) is 8.78 Å². The highest BCUT2D eigenvalue weighted by Gasteiger charge is 2.29. The second kappa shape index (κ2) is 7.22.